The fourth-order valence-corrected chi connectivity index (χ4v) is 4.19. The summed E-state index contributed by atoms with van der Waals surface area (Å²) in [5.41, 5.74) is 0.943. The van der Waals surface area contributed by atoms with Crippen molar-refractivity contribution in [2.75, 3.05) is 26.3 Å². The minimum Gasteiger partial charge on any atom is -0.379 e. The van der Waals surface area contributed by atoms with Crippen LogP contribution < -0.4 is 5.32 Å². The van der Waals surface area contributed by atoms with Gasteiger partial charge < -0.3 is 10.1 Å². The van der Waals surface area contributed by atoms with Crippen molar-refractivity contribution < 1.29 is 17.9 Å². The Bertz CT molecular complexity index is 884. The summed E-state index contributed by atoms with van der Waals surface area (Å²) in [5.74, 6) is -0.446. The largest absolute Gasteiger partial charge is 0.379 e. The van der Waals surface area contributed by atoms with E-state index in [-0.39, 0.29) is 35.1 Å². The van der Waals surface area contributed by atoms with Crippen LogP contribution >= 0.6 is 11.6 Å². The molecular formula is C17H18ClN3O4S. The SMILES string of the molecule is O=C(NCc1cccnc1)c1cc(S(=O)(=O)N2CCOCC2)ccc1Cl. The van der Waals surface area contributed by atoms with Crippen LogP contribution in [-0.2, 0) is 21.3 Å². The maximum atomic E-state index is 12.7. The Morgan fingerprint density at radius 2 is 2.04 bits per heavy atom. The van der Waals surface area contributed by atoms with E-state index in [2.05, 4.69) is 10.3 Å². The summed E-state index contributed by atoms with van der Waals surface area (Å²) in [6, 6.07) is 7.74. The lowest BCUT2D eigenvalue weighted by Gasteiger charge is -2.26. The zero-order chi connectivity index (χ0) is 18.6. The molecule has 0 radical (unpaired) electrons. The van der Waals surface area contributed by atoms with Crippen LogP contribution in [0.2, 0.25) is 5.02 Å². The van der Waals surface area contributed by atoms with Crippen molar-refractivity contribution >= 4 is 27.5 Å². The number of carbonyl (C=O) groups is 1. The molecule has 1 aliphatic rings. The normalized spacial score (nSPS) is 15.6. The average molecular weight is 396 g/mol. The Labute approximate surface area is 157 Å². The molecule has 26 heavy (non-hydrogen) atoms. The summed E-state index contributed by atoms with van der Waals surface area (Å²) < 4.78 is 32.0. The monoisotopic (exact) mass is 395 g/mol. The van der Waals surface area contributed by atoms with Crippen LogP contribution in [0.15, 0.2) is 47.6 Å². The molecule has 2 heterocycles. The first kappa shape index (κ1) is 18.8. The summed E-state index contributed by atoms with van der Waals surface area (Å²) in [5, 5.41) is 2.91. The number of nitrogens with one attached hydrogen (secondary N) is 1. The molecule has 7 nitrogen and oxygen atoms in total. The lowest BCUT2D eigenvalue weighted by Crippen LogP contribution is -2.40. The van der Waals surface area contributed by atoms with E-state index in [9.17, 15) is 13.2 Å². The number of pyridine rings is 1. The molecule has 9 heteroatoms. The van der Waals surface area contributed by atoms with E-state index in [1.54, 1.807) is 18.5 Å². The molecule has 3 rings (SSSR count). The number of morpholine rings is 1. The zero-order valence-electron chi connectivity index (χ0n) is 13.9. The predicted molar refractivity (Wildman–Crippen MR) is 96.4 cm³/mol. The van der Waals surface area contributed by atoms with Crippen molar-refractivity contribution in [1.29, 1.82) is 0 Å². The molecule has 1 saturated heterocycles. The quantitative estimate of drug-likeness (QED) is 0.832. The van der Waals surface area contributed by atoms with E-state index in [1.165, 1.54) is 22.5 Å². The number of nitrogens with zero attached hydrogens (tertiary/aromatic N) is 2. The summed E-state index contributed by atoms with van der Waals surface area (Å²) >= 11 is 6.11. The van der Waals surface area contributed by atoms with Crippen LogP contribution in [0.4, 0.5) is 0 Å². The highest BCUT2D eigenvalue weighted by molar-refractivity contribution is 7.89. The number of hydrogen-bond donors (Lipinski definition) is 1. The van der Waals surface area contributed by atoms with Gasteiger partial charge in [0, 0.05) is 32.0 Å². The van der Waals surface area contributed by atoms with Crippen molar-refractivity contribution in [3.63, 3.8) is 0 Å². The molecule has 1 aliphatic heterocycles. The Kier molecular flexibility index (Phi) is 5.87. The molecule has 138 valence electrons. The fraction of sp³-hybridized carbons (Fsp3) is 0.294. The molecule has 1 aromatic carbocycles. The Hall–Kier alpha value is -2.00. The third kappa shape index (κ3) is 4.21. The van der Waals surface area contributed by atoms with Crippen LogP contribution in [0.3, 0.4) is 0 Å². The number of carbonyl (C=O) groups excluding carboxylic acids is 1. The second-order valence-corrected chi connectivity index (χ2v) is 8.05. The highest BCUT2D eigenvalue weighted by atomic mass is 35.5. The van der Waals surface area contributed by atoms with Gasteiger partial charge in [0.05, 0.1) is 28.7 Å². The summed E-state index contributed by atoms with van der Waals surface area (Å²) in [7, 11) is -3.70. The topological polar surface area (TPSA) is 88.6 Å². The number of sulfonamides is 1. The molecule has 1 fully saturated rings. The zero-order valence-corrected chi connectivity index (χ0v) is 15.5. The Morgan fingerprint density at radius 3 is 2.73 bits per heavy atom. The minimum atomic E-state index is -3.70. The van der Waals surface area contributed by atoms with E-state index in [1.807, 2.05) is 6.07 Å². The smallest absolute Gasteiger partial charge is 0.253 e. The number of hydrogen-bond acceptors (Lipinski definition) is 5. The van der Waals surface area contributed by atoms with Gasteiger partial charge in [-0.15, -0.1) is 0 Å². The second kappa shape index (κ2) is 8.13. The third-order valence-electron chi connectivity index (χ3n) is 3.97. The summed E-state index contributed by atoms with van der Waals surface area (Å²) in [6.45, 7) is 1.54. The molecule has 0 unspecified atom stereocenters. The molecule has 0 aliphatic carbocycles. The van der Waals surface area contributed by atoms with Gasteiger partial charge in [0.2, 0.25) is 10.0 Å². The number of rotatable bonds is 5. The van der Waals surface area contributed by atoms with Gasteiger partial charge in [0.1, 0.15) is 0 Å². The summed E-state index contributed by atoms with van der Waals surface area (Å²) in [4.78, 5) is 16.5. The first-order chi connectivity index (χ1) is 12.5. The van der Waals surface area contributed by atoms with Crippen molar-refractivity contribution in [1.82, 2.24) is 14.6 Å². The van der Waals surface area contributed by atoms with Gasteiger partial charge in [0.15, 0.2) is 0 Å². The summed E-state index contributed by atoms with van der Waals surface area (Å²) in [6.07, 6.45) is 3.28. The maximum absolute atomic E-state index is 12.7. The third-order valence-corrected chi connectivity index (χ3v) is 6.19. The number of ether oxygens (including phenoxy) is 1. The Morgan fingerprint density at radius 1 is 1.27 bits per heavy atom. The Balaban J connectivity index is 1.79. The molecule has 2 aromatic rings. The van der Waals surface area contributed by atoms with Crippen LogP contribution in [-0.4, -0.2) is 49.9 Å². The number of amides is 1. The molecule has 1 aromatic heterocycles. The van der Waals surface area contributed by atoms with Crippen LogP contribution in [0.1, 0.15) is 15.9 Å². The van der Waals surface area contributed by atoms with E-state index in [0.29, 0.717) is 13.2 Å². The lowest BCUT2D eigenvalue weighted by atomic mass is 10.2. The fourth-order valence-electron chi connectivity index (χ4n) is 2.56. The molecular weight excluding hydrogens is 378 g/mol. The first-order valence-electron chi connectivity index (χ1n) is 8.03. The minimum absolute atomic E-state index is 0.0373. The van der Waals surface area contributed by atoms with Crippen LogP contribution in [0.5, 0.6) is 0 Å². The molecule has 0 spiro atoms. The first-order valence-corrected chi connectivity index (χ1v) is 9.85. The van der Waals surface area contributed by atoms with E-state index in [0.717, 1.165) is 5.56 Å². The van der Waals surface area contributed by atoms with Crippen molar-refractivity contribution in [2.24, 2.45) is 0 Å². The molecule has 0 bridgehead atoms. The average Bonchev–Trinajstić information content (AvgIpc) is 2.68. The van der Waals surface area contributed by atoms with Gasteiger partial charge in [-0.05, 0) is 29.8 Å². The van der Waals surface area contributed by atoms with Crippen molar-refractivity contribution in [2.45, 2.75) is 11.4 Å². The molecule has 0 atom stereocenters. The van der Waals surface area contributed by atoms with Crippen LogP contribution in [0.25, 0.3) is 0 Å². The molecule has 0 saturated carbocycles. The second-order valence-electron chi connectivity index (χ2n) is 5.70. The van der Waals surface area contributed by atoms with Gasteiger partial charge in [0.25, 0.3) is 5.91 Å². The standard InChI is InChI=1S/C17H18ClN3O4S/c18-16-4-3-14(26(23,24)21-6-8-25-9-7-21)10-15(16)17(22)20-12-13-2-1-5-19-11-13/h1-5,10-11H,6-9,12H2,(H,20,22). The van der Waals surface area contributed by atoms with Crippen molar-refractivity contribution in [3.05, 3.63) is 58.9 Å². The lowest BCUT2D eigenvalue weighted by molar-refractivity contribution is 0.0730. The molecule has 1 N–H and O–H groups in total. The van der Waals surface area contributed by atoms with Gasteiger partial charge >= 0.3 is 0 Å². The number of halogens is 1. The van der Waals surface area contributed by atoms with Crippen molar-refractivity contribution in [3.8, 4) is 0 Å². The van der Waals surface area contributed by atoms with Gasteiger partial charge in [-0.25, -0.2) is 8.42 Å². The number of benzene rings is 1. The predicted octanol–water partition coefficient (Wildman–Crippen LogP) is 1.69. The van der Waals surface area contributed by atoms with E-state index in [4.69, 9.17) is 16.3 Å². The van der Waals surface area contributed by atoms with Gasteiger partial charge in [-0.2, -0.15) is 4.31 Å². The highest BCUT2D eigenvalue weighted by Gasteiger charge is 2.27. The number of aromatic nitrogens is 1. The molecule has 1 amide bonds. The van der Waals surface area contributed by atoms with E-state index >= 15 is 0 Å². The van der Waals surface area contributed by atoms with Gasteiger partial charge in [-0.1, -0.05) is 17.7 Å². The maximum Gasteiger partial charge on any atom is 0.253 e. The van der Waals surface area contributed by atoms with Gasteiger partial charge in [-0.3, -0.25) is 9.78 Å². The van der Waals surface area contributed by atoms with Crippen LogP contribution in [0, 0.1) is 0 Å². The highest BCUT2D eigenvalue weighted by Crippen LogP contribution is 2.23. The van der Waals surface area contributed by atoms with E-state index < -0.39 is 15.9 Å².